The molecule has 0 fully saturated rings. The van der Waals surface area contributed by atoms with E-state index >= 15 is 0 Å². The molecule has 3 aromatic rings. The number of carbonyl (C=O) groups is 2. The first-order valence-corrected chi connectivity index (χ1v) is 12.5. The Balaban J connectivity index is 1.48. The second-order valence-electron chi connectivity index (χ2n) is 7.89. The lowest BCUT2D eigenvalue weighted by Gasteiger charge is -2.24. The Morgan fingerprint density at radius 3 is 2.06 bits per heavy atom. The number of ether oxygens (including phenoxy) is 1. The van der Waals surface area contributed by atoms with Crippen molar-refractivity contribution in [3.63, 3.8) is 0 Å². The van der Waals surface area contributed by atoms with Gasteiger partial charge in [-0.1, -0.05) is 36.4 Å². The fourth-order valence-corrected chi connectivity index (χ4v) is 4.95. The number of amides is 1. The number of esters is 1. The van der Waals surface area contributed by atoms with Crippen LogP contribution in [-0.2, 0) is 32.4 Å². The molecule has 178 valence electrons. The molecule has 1 amide bonds. The number of aryl methyl sites for hydroxylation is 2. The number of nitrogens with zero attached hydrogens (tertiary/aromatic N) is 2. The van der Waals surface area contributed by atoms with Gasteiger partial charge >= 0.3 is 5.97 Å². The van der Waals surface area contributed by atoms with E-state index in [0.717, 1.165) is 35.3 Å². The summed E-state index contributed by atoms with van der Waals surface area (Å²) in [5.41, 5.74) is 3.70. The first kappa shape index (κ1) is 24.1. The maximum Gasteiger partial charge on any atom is 0.338 e. The van der Waals surface area contributed by atoms with Crippen LogP contribution in [0.15, 0.2) is 77.7 Å². The van der Waals surface area contributed by atoms with Crippen molar-refractivity contribution >= 4 is 33.3 Å². The summed E-state index contributed by atoms with van der Waals surface area (Å²) < 4.78 is 32.0. The van der Waals surface area contributed by atoms with Crippen LogP contribution in [0.25, 0.3) is 0 Å². The van der Waals surface area contributed by atoms with Gasteiger partial charge in [0.15, 0.2) is 6.61 Å². The molecule has 8 nitrogen and oxygen atoms in total. The molecule has 35 heavy (non-hydrogen) atoms. The predicted octanol–water partition coefficient (Wildman–Crippen LogP) is 3.50. The average Bonchev–Trinajstić information content (AvgIpc) is 3.04. The molecular formula is C26H23N3O5S. The standard InChI is InChI=1S/C26H23N3O5S/c27-16-5-17-28-35(32,33)22-14-12-21(13-15-22)26(31)34-18-25(30)29-23-8-3-1-6-19(23)10-11-20-7-2-4-9-24(20)29/h1-4,6-9,12-15,28H,5,10-11,17-18H2. The molecule has 0 aliphatic carbocycles. The molecule has 4 rings (SSSR count). The number of nitriles is 1. The van der Waals surface area contributed by atoms with Crippen molar-refractivity contribution in [2.75, 3.05) is 18.1 Å². The van der Waals surface area contributed by atoms with Gasteiger partial charge in [-0.2, -0.15) is 5.26 Å². The quantitative estimate of drug-likeness (QED) is 0.401. The zero-order chi connectivity index (χ0) is 24.8. The topological polar surface area (TPSA) is 117 Å². The molecule has 1 N–H and O–H groups in total. The molecule has 0 unspecified atom stereocenters. The minimum absolute atomic E-state index is 0.00645. The Bertz CT molecular complexity index is 1350. The van der Waals surface area contributed by atoms with Gasteiger partial charge in [0.2, 0.25) is 10.0 Å². The van der Waals surface area contributed by atoms with Gasteiger partial charge in [-0.05, 0) is 60.4 Å². The van der Waals surface area contributed by atoms with E-state index in [4.69, 9.17) is 10.00 Å². The van der Waals surface area contributed by atoms with Crippen molar-refractivity contribution in [1.29, 1.82) is 5.26 Å². The fraction of sp³-hybridized carbons (Fsp3) is 0.192. The van der Waals surface area contributed by atoms with E-state index < -0.39 is 22.6 Å². The van der Waals surface area contributed by atoms with Gasteiger partial charge in [0.1, 0.15) is 0 Å². The van der Waals surface area contributed by atoms with Crippen molar-refractivity contribution in [2.45, 2.75) is 24.2 Å². The van der Waals surface area contributed by atoms with Crippen LogP contribution in [0.2, 0.25) is 0 Å². The minimum Gasteiger partial charge on any atom is -0.452 e. The third kappa shape index (κ3) is 5.40. The molecular weight excluding hydrogens is 466 g/mol. The number of nitrogens with one attached hydrogen (secondary N) is 1. The van der Waals surface area contributed by atoms with Crippen molar-refractivity contribution in [2.24, 2.45) is 0 Å². The van der Waals surface area contributed by atoms with Gasteiger partial charge in [-0.3, -0.25) is 9.69 Å². The highest BCUT2D eigenvalue weighted by atomic mass is 32.2. The Morgan fingerprint density at radius 2 is 1.49 bits per heavy atom. The van der Waals surface area contributed by atoms with Gasteiger partial charge in [-0.25, -0.2) is 17.9 Å². The molecule has 0 radical (unpaired) electrons. The number of fused-ring (bicyclic) bond motifs is 2. The van der Waals surface area contributed by atoms with Gasteiger partial charge in [0.05, 0.1) is 27.9 Å². The lowest BCUT2D eigenvalue weighted by atomic mass is 10.0. The SMILES string of the molecule is N#CCCNS(=O)(=O)c1ccc(C(=O)OCC(=O)N2c3ccccc3CCc3ccccc32)cc1. The largest absolute Gasteiger partial charge is 0.452 e. The number of benzene rings is 3. The van der Waals surface area contributed by atoms with Crippen molar-refractivity contribution in [3.05, 3.63) is 89.5 Å². The molecule has 0 atom stereocenters. The van der Waals surface area contributed by atoms with Gasteiger partial charge in [0.25, 0.3) is 5.91 Å². The van der Waals surface area contributed by atoms with E-state index in [1.807, 2.05) is 54.6 Å². The molecule has 0 aromatic heterocycles. The summed E-state index contributed by atoms with van der Waals surface area (Å²) in [7, 11) is -3.79. The Morgan fingerprint density at radius 1 is 0.914 bits per heavy atom. The predicted molar refractivity (Wildman–Crippen MR) is 130 cm³/mol. The van der Waals surface area contributed by atoms with Crippen LogP contribution in [-0.4, -0.2) is 33.4 Å². The Labute approximate surface area is 203 Å². The lowest BCUT2D eigenvalue weighted by molar-refractivity contribution is -0.120. The van der Waals surface area contributed by atoms with Crippen LogP contribution in [0.5, 0.6) is 0 Å². The van der Waals surface area contributed by atoms with E-state index in [1.165, 1.54) is 24.3 Å². The summed E-state index contributed by atoms with van der Waals surface area (Å²) in [4.78, 5) is 27.4. The minimum atomic E-state index is -3.79. The van der Waals surface area contributed by atoms with Crippen molar-refractivity contribution in [1.82, 2.24) is 4.72 Å². The second kappa shape index (κ2) is 10.5. The Kier molecular flexibility index (Phi) is 7.25. The van der Waals surface area contributed by atoms with Crippen LogP contribution in [0.3, 0.4) is 0 Å². The van der Waals surface area contributed by atoms with Crippen LogP contribution >= 0.6 is 0 Å². The zero-order valence-corrected chi connectivity index (χ0v) is 19.6. The molecule has 0 bridgehead atoms. The molecule has 9 heteroatoms. The molecule has 3 aromatic carbocycles. The summed E-state index contributed by atoms with van der Waals surface area (Å²) in [6.45, 7) is -0.481. The first-order valence-electron chi connectivity index (χ1n) is 11.0. The van der Waals surface area contributed by atoms with Crippen LogP contribution in [0.4, 0.5) is 11.4 Å². The summed E-state index contributed by atoms with van der Waals surface area (Å²) in [5, 5.41) is 8.55. The summed E-state index contributed by atoms with van der Waals surface area (Å²) in [6, 6.07) is 22.4. The van der Waals surface area contributed by atoms with Crippen LogP contribution in [0.1, 0.15) is 27.9 Å². The highest BCUT2D eigenvalue weighted by Gasteiger charge is 2.26. The number of rotatable bonds is 7. The maximum absolute atomic E-state index is 13.3. The first-order chi connectivity index (χ1) is 16.9. The number of carbonyl (C=O) groups excluding carboxylic acids is 2. The molecule has 0 saturated carbocycles. The maximum atomic E-state index is 13.3. The van der Waals surface area contributed by atoms with E-state index in [2.05, 4.69) is 4.72 Å². The van der Waals surface area contributed by atoms with Crippen LogP contribution < -0.4 is 9.62 Å². The highest BCUT2D eigenvalue weighted by molar-refractivity contribution is 7.89. The molecule has 1 heterocycles. The summed E-state index contributed by atoms with van der Waals surface area (Å²) in [6.07, 6.45) is 1.62. The molecule has 1 aliphatic rings. The fourth-order valence-electron chi connectivity index (χ4n) is 3.92. The normalized spacial score (nSPS) is 12.6. The van der Waals surface area contributed by atoms with Gasteiger partial charge in [0, 0.05) is 13.0 Å². The van der Waals surface area contributed by atoms with E-state index in [0.29, 0.717) is 0 Å². The lowest BCUT2D eigenvalue weighted by Crippen LogP contribution is -2.31. The van der Waals surface area contributed by atoms with Crippen molar-refractivity contribution in [3.8, 4) is 6.07 Å². The highest BCUT2D eigenvalue weighted by Crippen LogP contribution is 2.36. The number of sulfonamides is 1. The Hall–Kier alpha value is -4.00. The number of hydrogen-bond donors (Lipinski definition) is 1. The number of para-hydroxylation sites is 2. The monoisotopic (exact) mass is 489 g/mol. The third-order valence-electron chi connectivity index (χ3n) is 5.63. The van der Waals surface area contributed by atoms with Gasteiger partial charge < -0.3 is 4.74 Å². The van der Waals surface area contributed by atoms with E-state index in [1.54, 1.807) is 4.90 Å². The summed E-state index contributed by atoms with van der Waals surface area (Å²) in [5.74, 6) is -1.13. The van der Waals surface area contributed by atoms with E-state index in [-0.39, 0.29) is 29.3 Å². The summed E-state index contributed by atoms with van der Waals surface area (Å²) >= 11 is 0. The van der Waals surface area contributed by atoms with Crippen molar-refractivity contribution < 1.29 is 22.7 Å². The van der Waals surface area contributed by atoms with Crippen LogP contribution in [0, 0.1) is 11.3 Å². The van der Waals surface area contributed by atoms with Gasteiger partial charge in [-0.15, -0.1) is 0 Å². The molecule has 0 saturated heterocycles. The molecule has 0 spiro atoms. The van der Waals surface area contributed by atoms with E-state index in [9.17, 15) is 18.0 Å². The number of anilines is 2. The second-order valence-corrected chi connectivity index (χ2v) is 9.66. The zero-order valence-electron chi connectivity index (χ0n) is 18.8. The third-order valence-corrected chi connectivity index (χ3v) is 7.11. The molecule has 1 aliphatic heterocycles. The smallest absolute Gasteiger partial charge is 0.338 e. The number of hydrogen-bond acceptors (Lipinski definition) is 6. The average molecular weight is 490 g/mol.